The highest BCUT2D eigenvalue weighted by atomic mass is 16.6. The molecule has 2 bridgehead atoms. The zero-order valence-electron chi connectivity index (χ0n) is 17.1. The number of hydrogen-bond acceptors (Lipinski definition) is 7. The van der Waals surface area contributed by atoms with Gasteiger partial charge in [-0.25, -0.2) is 0 Å². The van der Waals surface area contributed by atoms with Gasteiger partial charge in [-0.05, 0) is 17.5 Å². The molecule has 3 aliphatic rings. The van der Waals surface area contributed by atoms with Crippen molar-refractivity contribution in [3.63, 3.8) is 0 Å². The van der Waals surface area contributed by atoms with Crippen LogP contribution in [-0.2, 0) is 46.6 Å². The van der Waals surface area contributed by atoms with Crippen LogP contribution in [0.5, 0.6) is 0 Å². The lowest BCUT2D eigenvalue weighted by atomic mass is 9.59. The molecule has 1 saturated carbocycles. The van der Waals surface area contributed by atoms with Crippen LogP contribution >= 0.6 is 0 Å². The van der Waals surface area contributed by atoms with Gasteiger partial charge < -0.3 is 14.2 Å². The Bertz CT molecular complexity index is 1040. The van der Waals surface area contributed by atoms with Crippen LogP contribution in [0, 0.1) is 22.7 Å². The van der Waals surface area contributed by atoms with Gasteiger partial charge in [-0.1, -0.05) is 72.8 Å². The Morgan fingerprint density at radius 1 is 0.750 bits per heavy atom. The summed E-state index contributed by atoms with van der Waals surface area (Å²) in [6.45, 7) is -0.196. The van der Waals surface area contributed by atoms with E-state index in [9.17, 15) is 19.2 Å². The first-order valence-corrected chi connectivity index (χ1v) is 10.4. The second-order valence-corrected chi connectivity index (χ2v) is 8.25. The SMILES string of the molecule is O=C(OCc1ccccc1)C12C(=O)OC(=O)C1(C(=O)OCc1ccccc1)C1C=CC2C1. The summed E-state index contributed by atoms with van der Waals surface area (Å²) in [4.78, 5) is 52.9. The van der Waals surface area contributed by atoms with E-state index in [-0.39, 0.29) is 13.2 Å². The van der Waals surface area contributed by atoms with Gasteiger partial charge in [0.25, 0.3) is 0 Å². The number of hydrogen-bond donors (Lipinski definition) is 0. The van der Waals surface area contributed by atoms with Crippen LogP contribution in [0.4, 0.5) is 0 Å². The third-order valence-electron chi connectivity index (χ3n) is 6.72. The fraction of sp³-hybridized carbons (Fsp3) is 0.280. The molecular formula is C25H20O7. The highest BCUT2D eigenvalue weighted by Gasteiger charge is 2.86. The quantitative estimate of drug-likeness (QED) is 0.300. The minimum absolute atomic E-state index is 0.0981. The van der Waals surface area contributed by atoms with Crippen LogP contribution in [0.2, 0.25) is 0 Å². The Hall–Kier alpha value is -3.74. The molecule has 7 heteroatoms. The standard InChI is InChI=1S/C25H20O7/c26-20(30-14-16-7-3-1-4-8-16)24-18-11-12-19(13-18)25(24,23(29)32-22(24)28)21(27)31-15-17-9-5-2-6-10-17/h1-12,18-19H,13-15H2. The fourth-order valence-corrected chi connectivity index (χ4v) is 5.26. The summed E-state index contributed by atoms with van der Waals surface area (Å²) in [5.74, 6) is -5.34. The Labute approximate surface area is 184 Å². The van der Waals surface area contributed by atoms with E-state index in [1.165, 1.54) is 0 Å². The van der Waals surface area contributed by atoms with Crippen LogP contribution in [-0.4, -0.2) is 23.9 Å². The lowest BCUT2D eigenvalue weighted by molar-refractivity contribution is -0.184. The summed E-state index contributed by atoms with van der Waals surface area (Å²) >= 11 is 0. The molecule has 5 rings (SSSR count). The van der Waals surface area contributed by atoms with Crippen molar-refractivity contribution in [2.45, 2.75) is 19.6 Å². The predicted octanol–water partition coefficient (Wildman–Crippen LogP) is 2.74. The minimum Gasteiger partial charge on any atom is -0.460 e. The molecule has 162 valence electrons. The van der Waals surface area contributed by atoms with E-state index in [4.69, 9.17) is 14.2 Å². The van der Waals surface area contributed by atoms with Crippen LogP contribution in [0.3, 0.4) is 0 Å². The smallest absolute Gasteiger partial charge is 0.333 e. The average Bonchev–Trinajstić information content (AvgIpc) is 3.48. The highest BCUT2D eigenvalue weighted by molar-refractivity contribution is 6.23. The van der Waals surface area contributed by atoms with Gasteiger partial charge >= 0.3 is 23.9 Å². The Kier molecular flexibility index (Phi) is 4.69. The van der Waals surface area contributed by atoms with E-state index < -0.39 is 46.5 Å². The second kappa shape index (κ2) is 7.44. The van der Waals surface area contributed by atoms with Crippen molar-refractivity contribution in [2.75, 3.05) is 0 Å². The van der Waals surface area contributed by atoms with Crippen LogP contribution in [0.25, 0.3) is 0 Å². The van der Waals surface area contributed by atoms with Gasteiger partial charge in [0, 0.05) is 11.8 Å². The van der Waals surface area contributed by atoms with Crippen molar-refractivity contribution < 1.29 is 33.4 Å². The van der Waals surface area contributed by atoms with Gasteiger partial charge in [-0.2, -0.15) is 0 Å². The molecule has 4 atom stereocenters. The molecule has 0 aromatic heterocycles. The van der Waals surface area contributed by atoms with E-state index in [1.807, 2.05) is 12.1 Å². The first kappa shape index (κ1) is 20.2. The van der Waals surface area contributed by atoms with Crippen LogP contribution in [0.1, 0.15) is 17.5 Å². The number of carbonyl (C=O) groups is 4. The van der Waals surface area contributed by atoms with Gasteiger partial charge in [0.05, 0.1) is 0 Å². The number of ether oxygens (including phenoxy) is 3. The molecular weight excluding hydrogens is 412 g/mol. The third-order valence-corrected chi connectivity index (χ3v) is 6.72. The Morgan fingerprint density at radius 2 is 1.16 bits per heavy atom. The Morgan fingerprint density at radius 3 is 1.56 bits per heavy atom. The molecule has 1 aliphatic heterocycles. The maximum Gasteiger partial charge on any atom is 0.333 e. The summed E-state index contributed by atoms with van der Waals surface area (Å²) in [6, 6.07) is 17.9. The molecule has 0 amide bonds. The number of esters is 4. The zero-order valence-corrected chi connectivity index (χ0v) is 17.1. The first-order chi connectivity index (χ1) is 15.5. The monoisotopic (exact) mass is 432 g/mol. The molecule has 2 aliphatic carbocycles. The van der Waals surface area contributed by atoms with Crippen molar-refractivity contribution in [1.82, 2.24) is 0 Å². The first-order valence-electron chi connectivity index (χ1n) is 10.4. The topological polar surface area (TPSA) is 96.0 Å². The molecule has 1 heterocycles. The minimum atomic E-state index is -2.08. The molecule has 0 N–H and O–H groups in total. The van der Waals surface area contributed by atoms with E-state index in [2.05, 4.69) is 0 Å². The number of cyclic esters (lactones) is 2. The summed E-state index contributed by atoms with van der Waals surface area (Å²) < 4.78 is 15.9. The number of allylic oxidation sites excluding steroid dienone is 2. The van der Waals surface area contributed by atoms with Crippen molar-refractivity contribution in [1.29, 1.82) is 0 Å². The van der Waals surface area contributed by atoms with Gasteiger partial charge in [-0.15, -0.1) is 0 Å². The van der Waals surface area contributed by atoms with E-state index in [1.54, 1.807) is 60.7 Å². The fourth-order valence-electron chi connectivity index (χ4n) is 5.26. The number of carbonyl (C=O) groups excluding carboxylic acids is 4. The van der Waals surface area contributed by atoms with Gasteiger partial charge in [0.2, 0.25) is 0 Å². The van der Waals surface area contributed by atoms with E-state index >= 15 is 0 Å². The van der Waals surface area contributed by atoms with E-state index in [0.717, 1.165) is 0 Å². The van der Waals surface area contributed by atoms with Gasteiger partial charge in [0.1, 0.15) is 13.2 Å². The van der Waals surface area contributed by atoms with Crippen LogP contribution in [0.15, 0.2) is 72.8 Å². The second-order valence-electron chi connectivity index (χ2n) is 8.25. The number of rotatable bonds is 6. The molecule has 7 nitrogen and oxygen atoms in total. The summed E-state index contributed by atoms with van der Waals surface area (Å²) in [7, 11) is 0. The van der Waals surface area contributed by atoms with Crippen molar-refractivity contribution in [2.24, 2.45) is 22.7 Å². The molecule has 2 aromatic rings. The Balaban J connectivity index is 1.49. The number of benzene rings is 2. The lowest BCUT2D eigenvalue weighted by Crippen LogP contribution is -2.58. The molecule has 32 heavy (non-hydrogen) atoms. The zero-order chi connectivity index (χ0) is 22.3. The van der Waals surface area contributed by atoms with Gasteiger partial charge in [0.15, 0.2) is 10.8 Å². The summed E-state index contributed by atoms with van der Waals surface area (Å²) in [6.07, 6.45) is 3.68. The molecule has 0 radical (unpaired) electrons. The van der Waals surface area contributed by atoms with Crippen molar-refractivity contribution >= 4 is 23.9 Å². The summed E-state index contributed by atoms with van der Waals surface area (Å²) in [5, 5.41) is 0. The molecule has 2 fully saturated rings. The summed E-state index contributed by atoms with van der Waals surface area (Å²) in [5.41, 5.74) is -2.73. The molecule has 2 aromatic carbocycles. The maximum atomic E-state index is 13.4. The largest absolute Gasteiger partial charge is 0.460 e. The maximum absolute atomic E-state index is 13.4. The molecule has 4 unspecified atom stereocenters. The van der Waals surface area contributed by atoms with Crippen molar-refractivity contribution in [3.05, 3.63) is 83.9 Å². The van der Waals surface area contributed by atoms with Crippen molar-refractivity contribution in [3.8, 4) is 0 Å². The molecule has 1 saturated heterocycles. The highest BCUT2D eigenvalue weighted by Crippen LogP contribution is 2.68. The molecule has 0 spiro atoms. The van der Waals surface area contributed by atoms with Gasteiger partial charge in [-0.3, -0.25) is 19.2 Å². The predicted molar refractivity (Wildman–Crippen MR) is 109 cm³/mol. The van der Waals surface area contributed by atoms with Crippen LogP contribution < -0.4 is 0 Å². The van der Waals surface area contributed by atoms with E-state index in [0.29, 0.717) is 17.5 Å². The number of fused-ring (bicyclic) bond motifs is 5. The normalized spacial score (nSPS) is 29.5. The average molecular weight is 432 g/mol. The lowest BCUT2D eigenvalue weighted by Gasteiger charge is -2.36. The third kappa shape index (κ3) is 2.60.